The van der Waals surface area contributed by atoms with Gasteiger partial charge in [-0.15, -0.1) is 0 Å². The van der Waals surface area contributed by atoms with Crippen molar-refractivity contribution in [1.82, 2.24) is 15.3 Å². The van der Waals surface area contributed by atoms with E-state index in [0.717, 1.165) is 11.8 Å². The first kappa shape index (κ1) is 24.0. The number of rotatable bonds is 10. The molecule has 10 nitrogen and oxygen atoms in total. The number of primary amides is 1. The van der Waals surface area contributed by atoms with Gasteiger partial charge in [0.2, 0.25) is 21.9 Å². The summed E-state index contributed by atoms with van der Waals surface area (Å²) in [6.45, 7) is 2.33. The van der Waals surface area contributed by atoms with Gasteiger partial charge in [-0.2, -0.15) is 4.98 Å². The third-order valence-electron chi connectivity index (χ3n) is 4.70. The van der Waals surface area contributed by atoms with Crippen LogP contribution in [-0.2, 0) is 21.4 Å². The Bertz CT molecular complexity index is 1220. The van der Waals surface area contributed by atoms with Crippen LogP contribution in [0.5, 0.6) is 0 Å². The van der Waals surface area contributed by atoms with Gasteiger partial charge in [-0.3, -0.25) is 4.79 Å². The number of nitrogens with two attached hydrogens (primary N) is 2. The second-order valence-corrected chi connectivity index (χ2v) is 8.71. The number of halogens is 1. The molecule has 0 aliphatic carbocycles. The average Bonchev–Trinajstić information content (AvgIpc) is 2.77. The number of amides is 1. The fourth-order valence-electron chi connectivity index (χ4n) is 2.90. The molecule has 3 aromatic rings. The molecule has 0 aliphatic heterocycles. The number of carbonyl (C=O) groups excluding carboxylic acids is 1. The Morgan fingerprint density at radius 2 is 1.67 bits per heavy atom. The van der Waals surface area contributed by atoms with E-state index in [0.29, 0.717) is 24.3 Å². The predicted octanol–water partition coefficient (Wildman–Crippen LogP) is 2.10. The molecule has 0 saturated carbocycles. The molecule has 0 radical (unpaired) electrons. The summed E-state index contributed by atoms with van der Waals surface area (Å²) in [6, 6.07) is 12.4. The van der Waals surface area contributed by atoms with Crippen molar-refractivity contribution in [2.24, 2.45) is 10.9 Å². The molecule has 1 heterocycles. The lowest BCUT2D eigenvalue weighted by atomic mass is 10.1. The fourth-order valence-corrected chi connectivity index (χ4v) is 3.42. The van der Waals surface area contributed by atoms with Crippen LogP contribution < -0.4 is 26.8 Å². The van der Waals surface area contributed by atoms with Crippen LogP contribution in [0.4, 0.5) is 27.5 Å². The number of aromatic nitrogens is 2. The van der Waals surface area contributed by atoms with Gasteiger partial charge in [0.1, 0.15) is 0 Å². The highest BCUT2D eigenvalue weighted by Crippen LogP contribution is 2.21. The normalized spacial score (nSPS) is 12.2. The Morgan fingerprint density at radius 1 is 1.06 bits per heavy atom. The van der Waals surface area contributed by atoms with Crippen LogP contribution in [0.2, 0.25) is 0 Å². The number of benzene rings is 2. The largest absolute Gasteiger partial charge is 0.368 e. The molecule has 174 valence electrons. The van der Waals surface area contributed by atoms with Gasteiger partial charge in [-0.1, -0.05) is 19.1 Å². The van der Waals surface area contributed by atoms with Gasteiger partial charge < -0.3 is 21.7 Å². The third kappa shape index (κ3) is 6.68. The molecule has 0 saturated heterocycles. The SMILES string of the molecule is CCC(NCc1ccc(Nc2nc(Nc3ccc(S(N)(=O)=O)cc3)ncc2F)cc1)C(N)=O. The van der Waals surface area contributed by atoms with E-state index in [4.69, 9.17) is 10.9 Å². The van der Waals surface area contributed by atoms with Gasteiger partial charge >= 0.3 is 0 Å². The van der Waals surface area contributed by atoms with E-state index in [9.17, 15) is 17.6 Å². The van der Waals surface area contributed by atoms with Crippen molar-refractivity contribution >= 4 is 39.1 Å². The summed E-state index contributed by atoms with van der Waals surface area (Å²) in [5.41, 5.74) is 7.35. The van der Waals surface area contributed by atoms with E-state index in [-0.39, 0.29) is 16.7 Å². The molecule has 1 unspecified atom stereocenters. The minimum absolute atomic E-state index is 0.0334. The number of anilines is 4. The predicted molar refractivity (Wildman–Crippen MR) is 123 cm³/mol. The summed E-state index contributed by atoms with van der Waals surface area (Å²) < 4.78 is 36.9. The van der Waals surface area contributed by atoms with Crippen molar-refractivity contribution in [1.29, 1.82) is 0 Å². The molecule has 0 bridgehead atoms. The highest BCUT2D eigenvalue weighted by Gasteiger charge is 2.12. The number of carbonyl (C=O) groups is 1. The second-order valence-electron chi connectivity index (χ2n) is 7.15. The van der Waals surface area contributed by atoms with E-state index in [1.54, 1.807) is 12.1 Å². The van der Waals surface area contributed by atoms with E-state index < -0.39 is 27.8 Å². The summed E-state index contributed by atoms with van der Waals surface area (Å²) in [5, 5.41) is 13.9. The zero-order valence-corrected chi connectivity index (χ0v) is 18.6. The molecule has 3 rings (SSSR count). The quantitative estimate of drug-likeness (QED) is 0.299. The lowest BCUT2D eigenvalue weighted by Crippen LogP contribution is -2.40. The molecule has 0 spiro atoms. The Labute approximate surface area is 190 Å². The number of hydrogen-bond acceptors (Lipinski definition) is 8. The molecule has 1 aromatic heterocycles. The molecule has 12 heteroatoms. The van der Waals surface area contributed by atoms with Gasteiger partial charge in [-0.05, 0) is 48.4 Å². The molecule has 7 N–H and O–H groups in total. The average molecular weight is 474 g/mol. The maximum Gasteiger partial charge on any atom is 0.238 e. The van der Waals surface area contributed by atoms with Crippen LogP contribution >= 0.6 is 0 Å². The standard InChI is InChI=1S/C21H24FN7O3S/c1-2-18(19(23)30)25-11-13-3-5-14(6-4-13)27-20-17(22)12-26-21(29-20)28-15-7-9-16(10-8-15)33(24,31)32/h3-10,12,18,25H,2,11H2,1H3,(H2,23,30)(H2,24,31,32)(H2,26,27,28,29). The molecule has 0 aliphatic rings. The van der Waals surface area contributed by atoms with Crippen molar-refractivity contribution in [3.63, 3.8) is 0 Å². The number of sulfonamides is 1. The summed E-state index contributed by atoms with van der Waals surface area (Å²) >= 11 is 0. The second kappa shape index (κ2) is 10.3. The van der Waals surface area contributed by atoms with E-state index in [1.165, 1.54) is 24.3 Å². The van der Waals surface area contributed by atoms with E-state index in [2.05, 4.69) is 25.9 Å². The molecule has 33 heavy (non-hydrogen) atoms. The Hall–Kier alpha value is -3.61. The third-order valence-corrected chi connectivity index (χ3v) is 5.63. The van der Waals surface area contributed by atoms with Crippen LogP contribution in [0.25, 0.3) is 0 Å². The van der Waals surface area contributed by atoms with Gasteiger partial charge in [0.25, 0.3) is 0 Å². The first-order valence-electron chi connectivity index (χ1n) is 9.97. The van der Waals surface area contributed by atoms with Gasteiger partial charge in [0.15, 0.2) is 11.6 Å². The number of nitrogens with one attached hydrogen (secondary N) is 3. The van der Waals surface area contributed by atoms with Crippen LogP contribution in [0.15, 0.2) is 59.6 Å². The zero-order chi connectivity index (χ0) is 24.0. The maximum absolute atomic E-state index is 14.2. The zero-order valence-electron chi connectivity index (χ0n) is 17.7. The van der Waals surface area contributed by atoms with Crippen molar-refractivity contribution in [3.8, 4) is 0 Å². The summed E-state index contributed by atoms with van der Waals surface area (Å²) in [5.74, 6) is -0.984. The minimum atomic E-state index is -3.80. The first-order valence-corrected chi connectivity index (χ1v) is 11.5. The lowest BCUT2D eigenvalue weighted by molar-refractivity contribution is -0.120. The van der Waals surface area contributed by atoms with E-state index >= 15 is 0 Å². The first-order chi connectivity index (χ1) is 15.7. The van der Waals surface area contributed by atoms with Crippen LogP contribution in [0.1, 0.15) is 18.9 Å². The minimum Gasteiger partial charge on any atom is -0.368 e. The highest BCUT2D eigenvalue weighted by atomic mass is 32.2. The van der Waals surface area contributed by atoms with Crippen LogP contribution in [0.3, 0.4) is 0 Å². The van der Waals surface area contributed by atoms with Crippen molar-refractivity contribution in [2.45, 2.75) is 30.8 Å². The number of primary sulfonamides is 1. The highest BCUT2D eigenvalue weighted by molar-refractivity contribution is 7.89. The Kier molecular flexibility index (Phi) is 7.53. The summed E-state index contributed by atoms with van der Waals surface area (Å²) in [6.07, 6.45) is 1.61. The van der Waals surface area contributed by atoms with E-state index in [1.807, 2.05) is 19.1 Å². The molecule has 1 atom stereocenters. The van der Waals surface area contributed by atoms with Gasteiger partial charge in [0.05, 0.1) is 17.1 Å². The van der Waals surface area contributed by atoms with Gasteiger partial charge in [0, 0.05) is 17.9 Å². The molecular formula is C21H24FN7O3S. The Morgan fingerprint density at radius 3 is 2.24 bits per heavy atom. The summed E-state index contributed by atoms with van der Waals surface area (Å²) in [7, 11) is -3.80. The maximum atomic E-state index is 14.2. The topological polar surface area (TPSA) is 165 Å². The van der Waals surface area contributed by atoms with Crippen LogP contribution in [-0.4, -0.2) is 30.3 Å². The fraction of sp³-hybridized carbons (Fsp3) is 0.190. The Balaban J connectivity index is 1.66. The lowest BCUT2D eigenvalue weighted by Gasteiger charge is -2.13. The molecule has 1 amide bonds. The number of hydrogen-bond donors (Lipinski definition) is 5. The van der Waals surface area contributed by atoms with Crippen LogP contribution in [0, 0.1) is 5.82 Å². The molecular weight excluding hydrogens is 449 g/mol. The smallest absolute Gasteiger partial charge is 0.238 e. The summed E-state index contributed by atoms with van der Waals surface area (Å²) in [4.78, 5) is 19.3. The van der Waals surface area contributed by atoms with Crippen molar-refractivity contribution in [2.75, 3.05) is 10.6 Å². The van der Waals surface area contributed by atoms with Gasteiger partial charge in [-0.25, -0.2) is 22.9 Å². The monoisotopic (exact) mass is 473 g/mol. The molecule has 0 fully saturated rings. The number of nitrogens with zero attached hydrogens (tertiary/aromatic N) is 2. The van der Waals surface area contributed by atoms with Crippen molar-refractivity contribution < 1.29 is 17.6 Å². The molecule has 2 aromatic carbocycles. The van der Waals surface area contributed by atoms with Crippen molar-refractivity contribution in [3.05, 3.63) is 66.1 Å².